The molecular formula is C26H21F3N2O3S. The Morgan fingerprint density at radius 1 is 1.00 bits per heavy atom. The van der Waals surface area contributed by atoms with Gasteiger partial charge in [0.2, 0.25) is 15.9 Å². The van der Waals surface area contributed by atoms with Crippen molar-refractivity contribution in [2.24, 2.45) is 0 Å². The Hall–Kier alpha value is -3.43. The van der Waals surface area contributed by atoms with Crippen LogP contribution in [-0.2, 0) is 16.2 Å². The second-order valence-corrected chi connectivity index (χ2v) is 10.1. The van der Waals surface area contributed by atoms with Crippen LogP contribution in [0.25, 0.3) is 28.3 Å². The number of benzene rings is 3. The number of sulfonamides is 1. The van der Waals surface area contributed by atoms with Gasteiger partial charge in [-0.05, 0) is 53.8 Å². The molecule has 1 saturated heterocycles. The normalized spacial score (nSPS) is 17.5. The Bertz CT molecular complexity index is 1500. The molecule has 2 heterocycles. The zero-order chi connectivity index (χ0) is 24.6. The van der Waals surface area contributed by atoms with Crippen molar-refractivity contribution in [2.45, 2.75) is 25.1 Å². The highest BCUT2D eigenvalue weighted by Crippen LogP contribution is 2.39. The third kappa shape index (κ3) is 4.74. The molecule has 5 rings (SSSR count). The number of oxazole rings is 1. The fourth-order valence-electron chi connectivity index (χ4n) is 4.34. The Balaban J connectivity index is 1.46. The molecule has 1 unspecified atom stereocenters. The predicted octanol–water partition coefficient (Wildman–Crippen LogP) is 6.65. The van der Waals surface area contributed by atoms with Gasteiger partial charge >= 0.3 is 6.18 Å². The van der Waals surface area contributed by atoms with Crippen LogP contribution in [0.15, 0.2) is 82.6 Å². The summed E-state index contributed by atoms with van der Waals surface area (Å²) in [7, 11) is -3.74. The second-order valence-electron chi connectivity index (χ2n) is 8.31. The zero-order valence-electron chi connectivity index (χ0n) is 18.4. The van der Waals surface area contributed by atoms with Gasteiger partial charge in [0.15, 0.2) is 5.58 Å². The van der Waals surface area contributed by atoms with E-state index in [1.807, 2.05) is 30.3 Å². The van der Waals surface area contributed by atoms with Crippen molar-refractivity contribution < 1.29 is 26.0 Å². The van der Waals surface area contributed by atoms with Crippen LogP contribution in [0.2, 0.25) is 0 Å². The molecule has 9 heteroatoms. The third-order valence-corrected chi connectivity index (χ3v) is 7.57. The molecule has 0 N–H and O–H groups in total. The van der Waals surface area contributed by atoms with Gasteiger partial charge in [0.1, 0.15) is 11.6 Å². The average Bonchev–Trinajstić information content (AvgIpc) is 3.50. The molecule has 0 amide bonds. The molecule has 5 nitrogen and oxygen atoms in total. The Morgan fingerprint density at radius 3 is 2.51 bits per heavy atom. The number of rotatable bonds is 5. The van der Waals surface area contributed by atoms with E-state index in [-0.39, 0.29) is 11.5 Å². The van der Waals surface area contributed by atoms with E-state index in [4.69, 9.17) is 4.42 Å². The first-order valence-electron chi connectivity index (χ1n) is 11.0. The molecule has 35 heavy (non-hydrogen) atoms. The predicted molar refractivity (Wildman–Crippen MR) is 128 cm³/mol. The lowest BCUT2D eigenvalue weighted by Gasteiger charge is -2.19. The van der Waals surface area contributed by atoms with Crippen LogP contribution in [0.5, 0.6) is 0 Å². The van der Waals surface area contributed by atoms with Crippen LogP contribution in [0.1, 0.15) is 35.9 Å². The number of alkyl halides is 3. The minimum atomic E-state index is -4.49. The second kappa shape index (κ2) is 8.98. The summed E-state index contributed by atoms with van der Waals surface area (Å²) in [5.74, 6) is 0.232. The first kappa shape index (κ1) is 23.3. The fraction of sp³-hybridized carbons (Fsp3) is 0.192. The number of halogens is 3. The van der Waals surface area contributed by atoms with E-state index in [1.54, 1.807) is 24.3 Å². The quantitative estimate of drug-likeness (QED) is 0.309. The van der Waals surface area contributed by atoms with Gasteiger partial charge in [-0.2, -0.15) is 17.5 Å². The van der Waals surface area contributed by atoms with Crippen molar-refractivity contribution in [2.75, 3.05) is 6.54 Å². The van der Waals surface area contributed by atoms with Crippen LogP contribution in [-0.4, -0.2) is 24.3 Å². The van der Waals surface area contributed by atoms with Crippen molar-refractivity contribution >= 4 is 27.2 Å². The van der Waals surface area contributed by atoms with Gasteiger partial charge in [0, 0.05) is 12.0 Å². The lowest BCUT2D eigenvalue weighted by Crippen LogP contribution is -2.29. The molecule has 180 valence electrons. The first-order valence-corrected chi connectivity index (χ1v) is 12.5. The largest absolute Gasteiger partial charge is 0.439 e. The SMILES string of the molecule is O=S(=O)(/C=C/c1ccccc1)N1CCCC1c1nc2cc(-c3ccccc3C(F)(F)F)ccc2o1. The van der Waals surface area contributed by atoms with Gasteiger partial charge in [-0.15, -0.1) is 0 Å². The molecule has 1 atom stereocenters. The Kier molecular flexibility index (Phi) is 5.98. The smallest absolute Gasteiger partial charge is 0.417 e. The average molecular weight is 499 g/mol. The molecule has 1 fully saturated rings. The van der Waals surface area contributed by atoms with Crippen LogP contribution in [0.4, 0.5) is 13.2 Å². The summed E-state index contributed by atoms with van der Waals surface area (Å²) in [4.78, 5) is 4.48. The monoisotopic (exact) mass is 498 g/mol. The molecule has 0 bridgehead atoms. The highest BCUT2D eigenvalue weighted by atomic mass is 32.2. The van der Waals surface area contributed by atoms with Gasteiger partial charge in [0.25, 0.3) is 0 Å². The minimum Gasteiger partial charge on any atom is -0.439 e. The summed E-state index contributed by atoms with van der Waals surface area (Å²) in [6.07, 6.45) is -1.77. The van der Waals surface area contributed by atoms with Crippen molar-refractivity contribution in [3.8, 4) is 11.1 Å². The third-order valence-electron chi connectivity index (χ3n) is 6.00. The minimum absolute atomic E-state index is 0.0440. The van der Waals surface area contributed by atoms with Crippen LogP contribution in [0.3, 0.4) is 0 Å². The van der Waals surface area contributed by atoms with Crippen LogP contribution < -0.4 is 0 Å². The summed E-state index contributed by atoms with van der Waals surface area (Å²) in [6, 6.07) is 18.5. The number of hydrogen-bond acceptors (Lipinski definition) is 4. The van der Waals surface area contributed by atoms with Gasteiger partial charge in [-0.25, -0.2) is 13.4 Å². The van der Waals surface area contributed by atoms with Crippen LogP contribution >= 0.6 is 0 Å². The van der Waals surface area contributed by atoms with Crippen molar-refractivity contribution in [3.63, 3.8) is 0 Å². The van der Waals surface area contributed by atoms with E-state index in [0.29, 0.717) is 36.0 Å². The lowest BCUT2D eigenvalue weighted by atomic mass is 9.99. The summed E-state index contributed by atoms with van der Waals surface area (Å²) < 4.78 is 73.7. The van der Waals surface area contributed by atoms with E-state index in [9.17, 15) is 21.6 Å². The van der Waals surface area contributed by atoms with Crippen molar-refractivity contribution in [1.29, 1.82) is 0 Å². The fourth-order valence-corrected chi connectivity index (χ4v) is 5.76. The molecule has 1 aliphatic rings. The summed E-state index contributed by atoms with van der Waals surface area (Å²) in [5, 5.41) is 1.18. The lowest BCUT2D eigenvalue weighted by molar-refractivity contribution is -0.137. The van der Waals surface area contributed by atoms with E-state index >= 15 is 0 Å². The van der Waals surface area contributed by atoms with E-state index in [0.717, 1.165) is 11.6 Å². The van der Waals surface area contributed by atoms with Crippen molar-refractivity contribution in [3.05, 3.63) is 95.2 Å². The topological polar surface area (TPSA) is 63.4 Å². The summed E-state index contributed by atoms with van der Waals surface area (Å²) >= 11 is 0. The first-order chi connectivity index (χ1) is 16.7. The summed E-state index contributed by atoms with van der Waals surface area (Å²) in [6.45, 7) is 0.328. The highest BCUT2D eigenvalue weighted by molar-refractivity contribution is 7.92. The van der Waals surface area contributed by atoms with Gasteiger partial charge < -0.3 is 4.42 Å². The molecule has 4 aromatic rings. The summed E-state index contributed by atoms with van der Waals surface area (Å²) in [5.41, 5.74) is 1.19. The number of hydrogen-bond donors (Lipinski definition) is 0. The zero-order valence-corrected chi connectivity index (χ0v) is 19.3. The molecule has 0 aliphatic carbocycles. The number of fused-ring (bicyclic) bond motifs is 1. The number of nitrogens with zero attached hydrogens (tertiary/aromatic N) is 2. The van der Waals surface area contributed by atoms with Crippen LogP contribution in [0, 0.1) is 0 Å². The maximum atomic E-state index is 13.5. The molecule has 0 radical (unpaired) electrons. The standard InChI is InChI=1S/C26H21F3N2O3S/c27-26(28,29)21-10-5-4-9-20(21)19-12-13-24-22(17-19)30-25(34-24)23-11-6-15-31(23)35(32,33)16-14-18-7-2-1-3-8-18/h1-5,7-10,12-14,16-17,23H,6,11,15H2/b16-14+. The molecule has 0 spiro atoms. The molecule has 1 aromatic heterocycles. The van der Waals surface area contributed by atoms with Gasteiger partial charge in [-0.1, -0.05) is 54.6 Å². The molecule has 1 aliphatic heterocycles. The Morgan fingerprint density at radius 2 is 1.74 bits per heavy atom. The molecule has 3 aromatic carbocycles. The van der Waals surface area contributed by atoms with Gasteiger partial charge in [-0.3, -0.25) is 0 Å². The van der Waals surface area contributed by atoms with E-state index in [1.165, 1.54) is 27.9 Å². The van der Waals surface area contributed by atoms with Crippen molar-refractivity contribution in [1.82, 2.24) is 9.29 Å². The molecule has 0 saturated carbocycles. The maximum absolute atomic E-state index is 13.5. The Labute approximate surface area is 200 Å². The van der Waals surface area contributed by atoms with E-state index in [2.05, 4.69) is 4.98 Å². The van der Waals surface area contributed by atoms with E-state index < -0.39 is 27.8 Å². The molecular weight excluding hydrogens is 477 g/mol. The number of aromatic nitrogens is 1. The maximum Gasteiger partial charge on any atom is 0.417 e. The highest BCUT2D eigenvalue weighted by Gasteiger charge is 2.37. The van der Waals surface area contributed by atoms with Gasteiger partial charge in [0.05, 0.1) is 5.56 Å².